The number of piperazine rings is 1. The lowest BCUT2D eigenvalue weighted by Crippen LogP contribution is -2.43. The molecule has 1 fully saturated rings. The van der Waals surface area contributed by atoms with Gasteiger partial charge in [0.05, 0.1) is 12.8 Å². The van der Waals surface area contributed by atoms with Crippen LogP contribution in [0.5, 0.6) is 5.75 Å². The van der Waals surface area contributed by atoms with Gasteiger partial charge in [0.25, 0.3) is 0 Å². The van der Waals surface area contributed by atoms with Crippen molar-refractivity contribution in [2.75, 3.05) is 56.3 Å². The Balaban J connectivity index is 1.74. The van der Waals surface area contributed by atoms with Gasteiger partial charge in [-0.15, -0.1) is 0 Å². The topological polar surface area (TPSA) is 92.7 Å². The van der Waals surface area contributed by atoms with Gasteiger partial charge in [0.15, 0.2) is 0 Å². The SMILES string of the molecule is C=C(Nc1cc(C=NC)c(N)c(C)c1OC)c1ccc(N2CCNCC2)c2cn(C)nc12. The molecule has 0 radical (unpaired) electrons. The number of anilines is 3. The van der Waals surface area contributed by atoms with E-state index >= 15 is 0 Å². The molecule has 1 saturated heterocycles. The van der Waals surface area contributed by atoms with Gasteiger partial charge in [-0.05, 0) is 25.1 Å². The third kappa shape index (κ3) is 3.89. The minimum Gasteiger partial charge on any atom is -0.494 e. The van der Waals surface area contributed by atoms with E-state index in [1.165, 1.54) is 5.69 Å². The van der Waals surface area contributed by atoms with Crippen LogP contribution in [0.4, 0.5) is 17.1 Å². The van der Waals surface area contributed by atoms with Crippen molar-refractivity contribution in [2.45, 2.75) is 6.92 Å². The van der Waals surface area contributed by atoms with Gasteiger partial charge in [-0.25, -0.2) is 0 Å². The molecule has 4 rings (SSSR count). The van der Waals surface area contributed by atoms with E-state index in [9.17, 15) is 0 Å². The maximum absolute atomic E-state index is 6.28. The number of nitrogens with zero attached hydrogens (tertiary/aromatic N) is 4. The summed E-state index contributed by atoms with van der Waals surface area (Å²) < 4.78 is 7.51. The summed E-state index contributed by atoms with van der Waals surface area (Å²) in [5.74, 6) is 0.687. The number of hydrogen-bond donors (Lipinski definition) is 3. The van der Waals surface area contributed by atoms with Crippen LogP contribution >= 0.6 is 0 Å². The first-order valence-electron chi connectivity index (χ1n) is 10.7. The minimum atomic E-state index is 0.649. The Morgan fingerprint density at radius 2 is 2.09 bits per heavy atom. The summed E-state index contributed by atoms with van der Waals surface area (Å²) in [5, 5.41) is 12.7. The van der Waals surface area contributed by atoms with Gasteiger partial charge >= 0.3 is 0 Å². The van der Waals surface area contributed by atoms with Gasteiger partial charge in [-0.1, -0.05) is 6.58 Å². The van der Waals surface area contributed by atoms with Gasteiger partial charge in [0.2, 0.25) is 0 Å². The number of nitrogens with one attached hydrogen (secondary N) is 2. The monoisotopic (exact) mass is 433 g/mol. The lowest BCUT2D eigenvalue weighted by Gasteiger charge is -2.30. The molecule has 0 unspecified atom stereocenters. The van der Waals surface area contributed by atoms with Crippen LogP contribution < -0.4 is 26.0 Å². The standard InChI is InChI=1S/C24H31N7O/c1-15-22(25)17(13-26-3)12-20(24(15)32-5)28-16(2)18-6-7-21(31-10-8-27-9-11-31)19-14-30(4)29-23(18)19/h6-7,12-14,27-28H,2,8-11,25H2,1,3-5H3. The summed E-state index contributed by atoms with van der Waals surface area (Å²) in [6, 6.07) is 6.19. The van der Waals surface area contributed by atoms with Crippen molar-refractivity contribution in [3.8, 4) is 5.75 Å². The molecular weight excluding hydrogens is 402 g/mol. The molecule has 2 heterocycles. The first-order valence-corrected chi connectivity index (χ1v) is 10.7. The fourth-order valence-electron chi connectivity index (χ4n) is 4.30. The Hall–Kier alpha value is -3.52. The Labute approximate surface area is 188 Å². The van der Waals surface area contributed by atoms with E-state index in [4.69, 9.17) is 15.6 Å². The van der Waals surface area contributed by atoms with Crippen LogP contribution in [0, 0.1) is 6.92 Å². The second kappa shape index (κ2) is 8.92. The summed E-state index contributed by atoms with van der Waals surface area (Å²) in [6.07, 6.45) is 3.82. The summed E-state index contributed by atoms with van der Waals surface area (Å²) in [7, 11) is 5.32. The number of benzene rings is 2. The average molecular weight is 434 g/mol. The maximum Gasteiger partial charge on any atom is 0.147 e. The molecule has 0 spiro atoms. The third-order valence-electron chi connectivity index (χ3n) is 5.91. The summed E-state index contributed by atoms with van der Waals surface area (Å²) in [6.45, 7) is 10.2. The number of methoxy groups -OCH3 is 1. The Kier molecular flexibility index (Phi) is 6.05. The fourth-order valence-corrected chi connectivity index (χ4v) is 4.30. The summed E-state index contributed by atoms with van der Waals surface area (Å²) >= 11 is 0. The van der Waals surface area contributed by atoms with E-state index in [1.54, 1.807) is 20.4 Å². The van der Waals surface area contributed by atoms with Crippen LogP contribution in [-0.4, -0.2) is 56.3 Å². The van der Waals surface area contributed by atoms with Gasteiger partial charge < -0.3 is 26.0 Å². The molecule has 0 atom stereocenters. The zero-order valence-corrected chi connectivity index (χ0v) is 19.2. The number of aliphatic imine (C=N–C) groups is 1. The molecule has 0 aliphatic carbocycles. The molecule has 1 aliphatic heterocycles. The number of hydrogen-bond acceptors (Lipinski definition) is 7. The van der Waals surface area contributed by atoms with Crippen LogP contribution in [0.1, 0.15) is 16.7 Å². The Morgan fingerprint density at radius 1 is 1.34 bits per heavy atom. The molecule has 1 aromatic heterocycles. The van der Waals surface area contributed by atoms with Crippen molar-refractivity contribution in [2.24, 2.45) is 12.0 Å². The van der Waals surface area contributed by atoms with Crippen LogP contribution in [0.2, 0.25) is 0 Å². The molecule has 3 aromatic rings. The van der Waals surface area contributed by atoms with Gasteiger partial charge in [-0.3, -0.25) is 9.67 Å². The molecule has 32 heavy (non-hydrogen) atoms. The van der Waals surface area contributed by atoms with Crippen molar-refractivity contribution in [3.63, 3.8) is 0 Å². The number of aryl methyl sites for hydroxylation is 1. The number of ether oxygens (including phenoxy) is 1. The van der Waals surface area contributed by atoms with Crippen LogP contribution in [0.25, 0.3) is 16.6 Å². The van der Waals surface area contributed by atoms with Gasteiger partial charge in [-0.2, -0.15) is 5.10 Å². The molecule has 4 N–H and O–H groups in total. The summed E-state index contributed by atoms with van der Waals surface area (Å²) in [4.78, 5) is 6.53. The predicted octanol–water partition coefficient (Wildman–Crippen LogP) is 3.01. The summed E-state index contributed by atoms with van der Waals surface area (Å²) in [5.41, 5.74) is 13.2. The molecule has 2 aromatic carbocycles. The van der Waals surface area contributed by atoms with Crippen molar-refractivity contribution in [3.05, 3.63) is 47.7 Å². The molecule has 168 valence electrons. The normalized spacial score (nSPS) is 14.3. The second-order valence-electron chi connectivity index (χ2n) is 8.01. The highest BCUT2D eigenvalue weighted by atomic mass is 16.5. The van der Waals surface area contributed by atoms with E-state index < -0.39 is 0 Å². The van der Waals surface area contributed by atoms with Crippen molar-refractivity contribution in [1.82, 2.24) is 15.1 Å². The van der Waals surface area contributed by atoms with Crippen molar-refractivity contribution in [1.29, 1.82) is 0 Å². The molecule has 0 bridgehead atoms. The minimum absolute atomic E-state index is 0.649. The highest BCUT2D eigenvalue weighted by Crippen LogP contribution is 2.38. The number of nitrogen functional groups attached to an aromatic ring is 1. The van der Waals surface area contributed by atoms with E-state index in [-0.39, 0.29) is 0 Å². The van der Waals surface area contributed by atoms with E-state index in [0.717, 1.165) is 65.2 Å². The Morgan fingerprint density at radius 3 is 2.78 bits per heavy atom. The average Bonchev–Trinajstić information content (AvgIpc) is 3.18. The number of nitrogens with two attached hydrogens (primary N) is 1. The molecule has 8 heteroatoms. The number of rotatable bonds is 6. The van der Waals surface area contributed by atoms with Crippen molar-refractivity contribution >= 4 is 39.9 Å². The largest absolute Gasteiger partial charge is 0.494 e. The Bertz CT molecular complexity index is 1190. The predicted molar refractivity (Wildman–Crippen MR) is 134 cm³/mol. The number of fused-ring (bicyclic) bond motifs is 1. The smallest absolute Gasteiger partial charge is 0.147 e. The zero-order chi connectivity index (χ0) is 22.8. The first-order chi connectivity index (χ1) is 15.4. The van der Waals surface area contributed by atoms with Crippen LogP contribution in [0.3, 0.4) is 0 Å². The molecular formula is C24H31N7O. The van der Waals surface area contributed by atoms with Gasteiger partial charge in [0.1, 0.15) is 11.3 Å². The highest BCUT2D eigenvalue weighted by Gasteiger charge is 2.19. The van der Waals surface area contributed by atoms with Crippen LogP contribution in [0.15, 0.2) is 36.0 Å². The number of aromatic nitrogens is 2. The molecule has 1 aliphatic rings. The van der Waals surface area contributed by atoms with E-state index in [0.29, 0.717) is 11.4 Å². The van der Waals surface area contributed by atoms with Gasteiger partial charge in [0, 0.05) is 91.8 Å². The maximum atomic E-state index is 6.28. The first kappa shape index (κ1) is 21.7. The zero-order valence-electron chi connectivity index (χ0n) is 19.2. The quantitative estimate of drug-likeness (QED) is 0.409. The lowest BCUT2D eigenvalue weighted by atomic mass is 10.0. The van der Waals surface area contributed by atoms with E-state index in [2.05, 4.69) is 45.4 Å². The highest BCUT2D eigenvalue weighted by molar-refractivity contribution is 6.01. The molecule has 8 nitrogen and oxygen atoms in total. The van der Waals surface area contributed by atoms with Crippen molar-refractivity contribution < 1.29 is 4.74 Å². The lowest BCUT2D eigenvalue weighted by molar-refractivity contribution is 0.414. The van der Waals surface area contributed by atoms with Crippen LogP contribution in [-0.2, 0) is 7.05 Å². The third-order valence-corrected chi connectivity index (χ3v) is 5.91. The second-order valence-corrected chi connectivity index (χ2v) is 8.01. The molecule has 0 amide bonds. The van der Waals surface area contributed by atoms with E-state index in [1.807, 2.05) is 24.7 Å². The molecule has 0 saturated carbocycles. The fraction of sp³-hybridized carbons (Fsp3) is 0.333.